The molecule has 0 spiro atoms. The van der Waals surface area contributed by atoms with Gasteiger partial charge in [0.25, 0.3) is 0 Å². The SMILES string of the molecule is Cc1cc(C)c(N2CCCc3c2nn(C)c3N)c(C)c1. The highest BCUT2D eigenvalue weighted by Gasteiger charge is 2.26. The summed E-state index contributed by atoms with van der Waals surface area (Å²) in [6, 6.07) is 4.48. The Kier molecular flexibility index (Phi) is 2.96. The smallest absolute Gasteiger partial charge is 0.160 e. The Morgan fingerprint density at radius 3 is 2.45 bits per heavy atom. The third-order valence-corrected chi connectivity index (χ3v) is 4.14. The van der Waals surface area contributed by atoms with Crippen LogP contribution in [0.25, 0.3) is 0 Å². The Hall–Kier alpha value is -1.97. The van der Waals surface area contributed by atoms with Crippen LogP contribution in [0.2, 0.25) is 0 Å². The monoisotopic (exact) mass is 270 g/mol. The number of hydrogen-bond donors (Lipinski definition) is 1. The molecule has 1 aliphatic heterocycles. The van der Waals surface area contributed by atoms with Crippen LogP contribution in [0.1, 0.15) is 28.7 Å². The highest BCUT2D eigenvalue weighted by atomic mass is 15.4. The minimum atomic E-state index is 0.798. The van der Waals surface area contributed by atoms with Crippen LogP contribution in [0.5, 0.6) is 0 Å². The van der Waals surface area contributed by atoms with Crippen LogP contribution in [0, 0.1) is 20.8 Å². The van der Waals surface area contributed by atoms with Crippen LogP contribution in [-0.2, 0) is 13.5 Å². The molecular weight excluding hydrogens is 248 g/mol. The fourth-order valence-electron chi connectivity index (χ4n) is 3.36. The van der Waals surface area contributed by atoms with Gasteiger partial charge in [-0.1, -0.05) is 17.7 Å². The normalized spacial score (nSPS) is 14.5. The van der Waals surface area contributed by atoms with Gasteiger partial charge in [0, 0.05) is 24.8 Å². The summed E-state index contributed by atoms with van der Waals surface area (Å²) in [6.45, 7) is 7.50. The van der Waals surface area contributed by atoms with Gasteiger partial charge in [0.2, 0.25) is 0 Å². The van der Waals surface area contributed by atoms with Gasteiger partial charge in [0.1, 0.15) is 5.82 Å². The van der Waals surface area contributed by atoms with Crippen molar-refractivity contribution in [2.75, 3.05) is 17.2 Å². The van der Waals surface area contributed by atoms with Crippen molar-refractivity contribution in [1.29, 1.82) is 0 Å². The van der Waals surface area contributed by atoms with E-state index < -0.39 is 0 Å². The van der Waals surface area contributed by atoms with Gasteiger partial charge < -0.3 is 10.6 Å². The molecule has 20 heavy (non-hydrogen) atoms. The maximum atomic E-state index is 6.14. The second-order valence-electron chi connectivity index (χ2n) is 5.81. The van der Waals surface area contributed by atoms with E-state index in [1.165, 1.54) is 27.9 Å². The second kappa shape index (κ2) is 4.54. The molecule has 1 aliphatic rings. The molecule has 4 nitrogen and oxygen atoms in total. The molecule has 2 N–H and O–H groups in total. The predicted molar refractivity (Wildman–Crippen MR) is 83.6 cm³/mol. The molecule has 0 unspecified atom stereocenters. The molecule has 4 heteroatoms. The quantitative estimate of drug-likeness (QED) is 0.866. The first-order valence-electron chi connectivity index (χ1n) is 7.15. The molecule has 2 heterocycles. The van der Waals surface area contributed by atoms with Gasteiger partial charge in [-0.15, -0.1) is 0 Å². The molecule has 0 fully saturated rings. The number of nitrogens with zero attached hydrogens (tertiary/aromatic N) is 3. The highest BCUT2D eigenvalue weighted by Crippen LogP contribution is 2.38. The topological polar surface area (TPSA) is 47.1 Å². The molecule has 0 saturated heterocycles. The molecule has 0 amide bonds. The van der Waals surface area contributed by atoms with E-state index in [-0.39, 0.29) is 0 Å². The van der Waals surface area contributed by atoms with Crippen molar-refractivity contribution < 1.29 is 0 Å². The number of nitrogen functional groups attached to an aromatic ring is 1. The van der Waals surface area contributed by atoms with Gasteiger partial charge >= 0.3 is 0 Å². The summed E-state index contributed by atoms with van der Waals surface area (Å²) in [5, 5.41) is 4.63. The minimum absolute atomic E-state index is 0.798. The number of rotatable bonds is 1. The van der Waals surface area contributed by atoms with Crippen molar-refractivity contribution in [3.63, 3.8) is 0 Å². The number of aromatic nitrogens is 2. The van der Waals surface area contributed by atoms with E-state index >= 15 is 0 Å². The third kappa shape index (κ3) is 1.87. The number of hydrogen-bond acceptors (Lipinski definition) is 3. The Morgan fingerprint density at radius 2 is 1.80 bits per heavy atom. The van der Waals surface area contributed by atoms with Gasteiger partial charge in [0.15, 0.2) is 5.82 Å². The van der Waals surface area contributed by atoms with Gasteiger partial charge in [0.05, 0.1) is 0 Å². The predicted octanol–water partition coefficient (Wildman–Crippen LogP) is 3.01. The zero-order valence-corrected chi connectivity index (χ0v) is 12.7. The fraction of sp³-hybridized carbons (Fsp3) is 0.438. The van der Waals surface area contributed by atoms with Gasteiger partial charge in [-0.25, -0.2) is 0 Å². The molecular formula is C16H22N4. The van der Waals surface area contributed by atoms with E-state index in [0.717, 1.165) is 31.0 Å². The standard InChI is InChI=1S/C16H22N4/c1-10-8-11(2)14(12(3)9-10)20-7-5-6-13-15(17)19(4)18-16(13)20/h8-9H,5-7,17H2,1-4H3. The second-order valence-corrected chi connectivity index (χ2v) is 5.81. The molecule has 2 aromatic rings. The molecule has 0 atom stereocenters. The number of nitrogens with two attached hydrogens (primary N) is 1. The zero-order chi connectivity index (χ0) is 14.4. The van der Waals surface area contributed by atoms with Crippen LogP contribution in [0.4, 0.5) is 17.3 Å². The van der Waals surface area contributed by atoms with Crippen LogP contribution in [0.15, 0.2) is 12.1 Å². The van der Waals surface area contributed by atoms with E-state index in [2.05, 4.69) is 42.9 Å². The lowest BCUT2D eigenvalue weighted by molar-refractivity contribution is 0.741. The Morgan fingerprint density at radius 1 is 1.15 bits per heavy atom. The highest BCUT2D eigenvalue weighted by molar-refractivity contribution is 5.73. The zero-order valence-electron chi connectivity index (χ0n) is 12.7. The van der Waals surface area contributed by atoms with Crippen molar-refractivity contribution in [1.82, 2.24) is 9.78 Å². The minimum Gasteiger partial charge on any atom is -0.384 e. The summed E-state index contributed by atoms with van der Waals surface area (Å²) in [5.41, 5.74) is 12.5. The molecule has 106 valence electrons. The Labute approximate surface area is 120 Å². The van der Waals surface area contributed by atoms with Crippen molar-refractivity contribution in [2.24, 2.45) is 7.05 Å². The van der Waals surface area contributed by atoms with E-state index in [4.69, 9.17) is 5.73 Å². The van der Waals surface area contributed by atoms with Gasteiger partial charge in [-0.3, -0.25) is 4.68 Å². The van der Waals surface area contributed by atoms with Gasteiger partial charge in [-0.2, -0.15) is 5.10 Å². The number of fused-ring (bicyclic) bond motifs is 1. The fourth-order valence-corrected chi connectivity index (χ4v) is 3.36. The average molecular weight is 270 g/mol. The molecule has 0 bridgehead atoms. The van der Waals surface area contributed by atoms with Crippen molar-refractivity contribution in [2.45, 2.75) is 33.6 Å². The largest absolute Gasteiger partial charge is 0.384 e. The van der Waals surface area contributed by atoms with Gasteiger partial charge in [-0.05, 0) is 44.7 Å². The third-order valence-electron chi connectivity index (χ3n) is 4.14. The van der Waals surface area contributed by atoms with Crippen molar-refractivity contribution in [3.8, 4) is 0 Å². The van der Waals surface area contributed by atoms with Crippen LogP contribution in [0.3, 0.4) is 0 Å². The first kappa shape index (κ1) is 13.0. The van der Waals surface area contributed by atoms with E-state index in [1.807, 2.05) is 7.05 Å². The summed E-state index contributed by atoms with van der Waals surface area (Å²) in [6.07, 6.45) is 2.14. The first-order chi connectivity index (χ1) is 9.49. The lowest BCUT2D eigenvalue weighted by atomic mass is 10.0. The molecule has 0 radical (unpaired) electrons. The van der Waals surface area contributed by atoms with E-state index in [1.54, 1.807) is 4.68 Å². The average Bonchev–Trinajstić information content (AvgIpc) is 2.66. The summed E-state index contributed by atoms with van der Waals surface area (Å²) in [5.74, 6) is 1.83. The summed E-state index contributed by atoms with van der Waals surface area (Å²) in [4.78, 5) is 2.33. The molecule has 1 aromatic heterocycles. The van der Waals surface area contributed by atoms with Crippen LogP contribution < -0.4 is 10.6 Å². The first-order valence-corrected chi connectivity index (χ1v) is 7.15. The lowest BCUT2D eigenvalue weighted by Gasteiger charge is -2.30. The Bertz CT molecular complexity index is 646. The van der Waals surface area contributed by atoms with Crippen molar-refractivity contribution >= 4 is 17.3 Å². The maximum absolute atomic E-state index is 6.14. The molecule has 0 saturated carbocycles. The molecule has 3 rings (SSSR count). The molecule has 1 aromatic carbocycles. The maximum Gasteiger partial charge on any atom is 0.160 e. The summed E-state index contributed by atoms with van der Waals surface area (Å²) < 4.78 is 1.79. The van der Waals surface area contributed by atoms with E-state index in [9.17, 15) is 0 Å². The van der Waals surface area contributed by atoms with Crippen LogP contribution >= 0.6 is 0 Å². The lowest BCUT2D eigenvalue weighted by Crippen LogP contribution is -2.26. The summed E-state index contributed by atoms with van der Waals surface area (Å²) >= 11 is 0. The van der Waals surface area contributed by atoms with E-state index in [0.29, 0.717) is 0 Å². The number of aryl methyl sites for hydroxylation is 4. The van der Waals surface area contributed by atoms with Crippen molar-refractivity contribution in [3.05, 3.63) is 34.4 Å². The number of anilines is 3. The Balaban J connectivity index is 2.16. The van der Waals surface area contributed by atoms with Crippen LogP contribution in [-0.4, -0.2) is 16.3 Å². The number of benzene rings is 1. The molecule has 0 aliphatic carbocycles. The summed E-state index contributed by atoms with van der Waals surface area (Å²) in [7, 11) is 1.92.